The predicted molar refractivity (Wildman–Crippen MR) is 43.2 cm³/mol. The zero-order valence-corrected chi connectivity index (χ0v) is 6.89. The van der Waals surface area contributed by atoms with Crippen molar-refractivity contribution < 1.29 is 19.3 Å². The van der Waals surface area contributed by atoms with Gasteiger partial charge in [-0.3, -0.25) is 14.8 Å². The SMILES string of the molecule is CO/[N+]([O-])=C/C(=O)N/C=C/C(N)=O. The van der Waals surface area contributed by atoms with Gasteiger partial charge in [0.15, 0.2) is 0 Å². The predicted octanol–water partition coefficient (Wildman–Crippen LogP) is -1.76. The summed E-state index contributed by atoms with van der Waals surface area (Å²) < 4.78 is 0. The summed E-state index contributed by atoms with van der Waals surface area (Å²) in [6.45, 7) is 0. The zero-order valence-electron chi connectivity index (χ0n) is 6.89. The van der Waals surface area contributed by atoms with Gasteiger partial charge in [0.25, 0.3) is 6.21 Å². The van der Waals surface area contributed by atoms with E-state index in [0.717, 1.165) is 19.4 Å². The van der Waals surface area contributed by atoms with Gasteiger partial charge in [-0.2, -0.15) is 0 Å². The lowest BCUT2D eigenvalue weighted by atomic mass is 10.5. The zero-order chi connectivity index (χ0) is 10.3. The molecule has 0 fully saturated rings. The molecule has 2 amide bonds. The molecule has 0 rings (SSSR count). The number of primary amides is 1. The van der Waals surface area contributed by atoms with Crippen molar-refractivity contribution in [3.8, 4) is 0 Å². The summed E-state index contributed by atoms with van der Waals surface area (Å²) >= 11 is 0. The van der Waals surface area contributed by atoms with Gasteiger partial charge in [-0.1, -0.05) is 0 Å². The molecule has 0 aromatic heterocycles. The summed E-state index contributed by atoms with van der Waals surface area (Å²) in [7, 11) is 1.11. The second kappa shape index (κ2) is 5.58. The van der Waals surface area contributed by atoms with Crippen LogP contribution in [0.25, 0.3) is 0 Å². The molecule has 0 aliphatic carbocycles. The summed E-state index contributed by atoms with van der Waals surface area (Å²) in [6.07, 6.45) is 2.57. The fraction of sp³-hybridized carbons (Fsp3) is 0.167. The van der Waals surface area contributed by atoms with E-state index in [1.54, 1.807) is 0 Å². The topological polar surface area (TPSA) is 107 Å². The van der Waals surface area contributed by atoms with Crippen molar-refractivity contribution in [2.75, 3.05) is 7.11 Å². The third-order valence-electron chi connectivity index (χ3n) is 0.876. The van der Waals surface area contributed by atoms with Crippen LogP contribution in [0, 0.1) is 5.21 Å². The molecular formula is C6H9N3O4. The number of nitrogens with one attached hydrogen (secondary N) is 1. The van der Waals surface area contributed by atoms with E-state index in [0.29, 0.717) is 6.21 Å². The standard InChI is InChI=1S/C6H9N3O4/c1-13-9(12)4-6(11)8-3-2-5(7)10/h2-4H,1H3,(H2,7,10)(H,8,11)/b3-2+,9-4+. The lowest BCUT2D eigenvalue weighted by Crippen LogP contribution is -2.23. The highest BCUT2D eigenvalue weighted by Crippen LogP contribution is 1.69. The minimum Gasteiger partial charge on any atom is -0.406 e. The maximum absolute atomic E-state index is 10.7. The molecule has 0 spiro atoms. The van der Waals surface area contributed by atoms with Crippen LogP contribution in [0.2, 0.25) is 0 Å². The van der Waals surface area contributed by atoms with E-state index in [9.17, 15) is 14.8 Å². The highest BCUT2D eigenvalue weighted by molar-refractivity contribution is 6.24. The van der Waals surface area contributed by atoms with Gasteiger partial charge in [0, 0.05) is 24.3 Å². The Morgan fingerprint density at radius 1 is 1.62 bits per heavy atom. The quantitative estimate of drug-likeness (QED) is 0.235. The molecule has 0 saturated heterocycles. The molecule has 0 aromatic rings. The van der Waals surface area contributed by atoms with E-state index in [-0.39, 0.29) is 4.90 Å². The number of carbonyl (C=O) groups is 2. The minimum absolute atomic E-state index is 0.0343. The molecule has 0 aromatic carbocycles. The number of amides is 2. The largest absolute Gasteiger partial charge is 0.406 e. The van der Waals surface area contributed by atoms with Crippen molar-refractivity contribution in [2.45, 2.75) is 0 Å². The molecule has 0 aliphatic heterocycles. The summed E-state index contributed by atoms with van der Waals surface area (Å²) in [5, 5.41) is 12.5. The van der Waals surface area contributed by atoms with Crippen LogP contribution in [0.3, 0.4) is 0 Å². The number of hydrogen-bond donors (Lipinski definition) is 2. The molecule has 3 N–H and O–H groups in total. The number of nitrogens with zero attached hydrogens (tertiary/aromatic N) is 1. The van der Waals surface area contributed by atoms with E-state index in [2.05, 4.69) is 10.2 Å². The molecule has 7 nitrogen and oxygen atoms in total. The van der Waals surface area contributed by atoms with Gasteiger partial charge in [0.05, 0.1) is 0 Å². The molecule has 13 heavy (non-hydrogen) atoms. The Labute approximate surface area is 74.0 Å². The van der Waals surface area contributed by atoms with Gasteiger partial charge in [-0.25, -0.2) is 0 Å². The van der Waals surface area contributed by atoms with Crippen molar-refractivity contribution in [2.24, 2.45) is 5.73 Å². The van der Waals surface area contributed by atoms with Crippen molar-refractivity contribution >= 4 is 18.0 Å². The van der Waals surface area contributed by atoms with Crippen molar-refractivity contribution in [3.63, 3.8) is 0 Å². The van der Waals surface area contributed by atoms with Crippen LogP contribution in [-0.2, 0) is 14.4 Å². The Balaban J connectivity index is 3.96. The van der Waals surface area contributed by atoms with Crippen LogP contribution in [0.15, 0.2) is 12.3 Å². The van der Waals surface area contributed by atoms with Gasteiger partial charge < -0.3 is 15.9 Å². The van der Waals surface area contributed by atoms with E-state index in [1.165, 1.54) is 0 Å². The summed E-state index contributed by atoms with van der Waals surface area (Å²) in [5.41, 5.74) is 4.72. The molecular weight excluding hydrogens is 178 g/mol. The first-order chi connectivity index (χ1) is 6.06. The first kappa shape index (κ1) is 11.0. The maximum Gasteiger partial charge on any atom is 0.318 e. The number of rotatable bonds is 4. The Morgan fingerprint density at radius 2 is 2.23 bits per heavy atom. The lowest BCUT2D eigenvalue weighted by Gasteiger charge is -1.94. The van der Waals surface area contributed by atoms with Crippen molar-refractivity contribution in [1.82, 2.24) is 5.32 Å². The number of nitrogens with two attached hydrogens (primary N) is 1. The third-order valence-corrected chi connectivity index (χ3v) is 0.876. The lowest BCUT2D eigenvalue weighted by molar-refractivity contribution is -0.729. The summed E-state index contributed by atoms with van der Waals surface area (Å²) in [6, 6.07) is 0. The van der Waals surface area contributed by atoms with Crippen molar-refractivity contribution in [3.05, 3.63) is 17.5 Å². The smallest absolute Gasteiger partial charge is 0.318 e. The maximum atomic E-state index is 10.7. The normalized spacial score (nSPS) is 11.3. The highest BCUT2D eigenvalue weighted by atomic mass is 16.9. The first-order valence-corrected chi connectivity index (χ1v) is 3.18. The second-order valence-electron chi connectivity index (χ2n) is 1.84. The Hall–Kier alpha value is -2.05. The average molecular weight is 187 g/mol. The van der Waals surface area contributed by atoms with Crippen molar-refractivity contribution in [1.29, 1.82) is 0 Å². The van der Waals surface area contributed by atoms with Gasteiger partial charge in [0.2, 0.25) is 5.91 Å². The van der Waals surface area contributed by atoms with E-state index in [4.69, 9.17) is 5.73 Å². The van der Waals surface area contributed by atoms with Crippen LogP contribution < -0.4 is 11.1 Å². The second-order valence-corrected chi connectivity index (χ2v) is 1.84. The molecule has 0 heterocycles. The molecule has 0 saturated carbocycles. The molecule has 0 aliphatic rings. The van der Waals surface area contributed by atoms with Crippen LogP contribution in [0.4, 0.5) is 0 Å². The van der Waals surface area contributed by atoms with Gasteiger partial charge >= 0.3 is 5.91 Å². The van der Waals surface area contributed by atoms with Gasteiger partial charge in [-0.15, -0.1) is 0 Å². The first-order valence-electron chi connectivity index (χ1n) is 3.18. The Kier molecular flexibility index (Phi) is 4.70. The van der Waals surface area contributed by atoms with E-state index >= 15 is 0 Å². The molecule has 0 bridgehead atoms. The van der Waals surface area contributed by atoms with Crippen LogP contribution in [-0.4, -0.2) is 30.0 Å². The fourth-order valence-corrected chi connectivity index (χ4v) is 0.392. The molecule has 7 heteroatoms. The fourth-order valence-electron chi connectivity index (χ4n) is 0.392. The van der Waals surface area contributed by atoms with Crippen LogP contribution >= 0.6 is 0 Å². The van der Waals surface area contributed by atoms with Gasteiger partial charge in [0.1, 0.15) is 0 Å². The minimum atomic E-state index is -0.727. The van der Waals surface area contributed by atoms with Crippen LogP contribution in [0.1, 0.15) is 0 Å². The van der Waals surface area contributed by atoms with Gasteiger partial charge in [-0.05, 0) is 0 Å². The molecule has 0 atom stereocenters. The summed E-state index contributed by atoms with van der Waals surface area (Å²) in [5.74, 6) is -1.43. The average Bonchev–Trinajstić information content (AvgIpc) is 2.03. The summed E-state index contributed by atoms with van der Waals surface area (Å²) in [4.78, 5) is 24.9. The third kappa shape index (κ3) is 6.35. The molecule has 0 unspecified atom stereocenters. The number of carbonyl (C=O) groups excluding carboxylic acids is 2. The van der Waals surface area contributed by atoms with E-state index < -0.39 is 11.8 Å². The Morgan fingerprint density at radius 3 is 2.69 bits per heavy atom. The van der Waals surface area contributed by atoms with E-state index in [1.807, 2.05) is 0 Å². The Bertz CT molecular complexity index is 259. The van der Waals surface area contributed by atoms with Crippen LogP contribution in [0.5, 0.6) is 0 Å². The number of hydrogen-bond acceptors (Lipinski definition) is 4. The monoisotopic (exact) mass is 187 g/mol. The highest BCUT2D eigenvalue weighted by Gasteiger charge is 2.00. The molecule has 0 radical (unpaired) electrons. The molecule has 72 valence electrons.